The lowest BCUT2D eigenvalue weighted by atomic mass is 10.1. The van der Waals surface area contributed by atoms with E-state index in [1.165, 1.54) is 7.11 Å². The number of methoxy groups -OCH3 is 2. The smallest absolute Gasteiger partial charge is 0.257 e. The number of aryl methyl sites for hydroxylation is 2. The number of aromatic nitrogens is 2. The Bertz CT molecular complexity index is 1040. The molecule has 0 aliphatic heterocycles. The lowest BCUT2D eigenvalue weighted by Crippen LogP contribution is -2.27. The highest BCUT2D eigenvalue weighted by Gasteiger charge is 2.22. The summed E-state index contributed by atoms with van der Waals surface area (Å²) in [7, 11) is 4.88. The van der Waals surface area contributed by atoms with E-state index in [9.17, 15) is 4.79 Å². The third-order valence-corrected chi connectivity index (χ3v) is 5.16. The number of amides is 1. The molecule has 0 aliphatic rings. The van der Waals surface area contributed by atoms with E-state index in [0.29, 0.717) is 23.6 Å². The van der Waals surface area contributed by atoms with Crippen molar-refractivity contribution < 1.29 is 14.3 Å². The lowest BCUT2D eigenvalue weighted by molar-refractivity contribution is 0.0780. The standard InChI is InChI=1S/C23H27N3O3/c1-15-10-7-8-12-20(15)26-17(3)19(16(2)24-26)14-25(4)23(27)18-11-9-13-21(28-5)22(18)29-6/h7-13H,14H2,1-6H3. The van der Waals surface area contributed by atoms with Gasteiger partial charge >= 0.3 is 0 Å². The van der Waals surface area contributed by atoms with Crippen LogP contribution >= 0.6 is 0 Å². The summed E-state index contributed by atoms with van der Waals surface area (Å²) in [6, 6.07) is 13.4. The van der Waals surface area contributed by atoms with Gasteiger partial charge < -0.3 is 14.4 Å². The van der Waals surface area contributed by atoms with E-state index in [2.05, 4.69) is 19.1 Å². The maximum atomic E-state index is 13.1. The van der Waals surface area contributed by atoms with Crippen molar-refractivity contribution in [1.82, 2.24) is 14.7 Å². The molecule has 0 saturated heterocycles. The first-order valence-corrected chi connectivity index (χ1v) is 9.46. The molecule has 3 aromatic rings. The molecule has 0 fully saturated rings. The largest absolute Gasteiger partial charge is 0.493 e. The zero-order chi connectivity index (χ0) is 21.1. The maximum absolute atomic E-state index is 13.1. The zero-order valence-corrected chi connectivity index (χ0v) is 17.8. The van der Waals surface area contributed by atoms with Crippen LogP contribution in [0.4, 0.5) is 0 Å². The average molecular weight is 393 g/mol. The van der Waals surface area contributed by atoms with Crippen molar-refractivity contribution in [2.45, 2.75) is 27.3 Å². The Hall–Kier alpha value is -3.28. The molecule has 1 amide bonds. The highest BCUT2D eigenvalue weighted by molar-refractivity contribution is 5.97. The minimum Gasteiger partial charge on any atom is -0.493 e. The van der Waals surface area contributed by atoms with Crippen LogP contribution in [0.3, 0.4) is 0 Å². The number of para-hydroxylation sites is 2. The van der Waals surface area contributed by atoms with Gasteiger partial charge in [0.1, 0.15) is 0 Å². The number of carbonyl (C=O) groups excluding carboxylic acids is 1. The number of ether oxygens (including phenoxy) is 2. The Morgan fingerprint density at radius 3 is 2.41 bits per heavy atom. The first kappa shape index (κ1) is 20.5. The number of hydrogen-bond acceptors (Lipinski definition) is 4. The molecule has 0 spiro atoms. The van der Waals surface area contributed by atoms with Crippen LogP contribution in [-0.2, 0) is 6.54 Å². The van der Waals surface area contributed by atoms with Crippen molar-refractivity contribution in [1.29, 1.82) is 0 Å². The molecule has 0 bridgehead atoms. The molecule has 1 heterocycles. The molecule has 0 saturated carbocycles. The quantitative estimate of drug-likeness (QED) is 0.633. The van der Waals surface area contributed by atoms with Gasteiger partial charge in [0.2, 0.25) is 0 Å². The minimum atomic E-state index is -0.136. The molecule has 0 N–H and O–H groups in total. The predicted octanol–water partition coefficient (Wildman–Crippen LogP) is 4.09. The average Bonchev–Trinajstić information content (AvgIpc) is 3.00. The number of rotatable bonds is 6. The van der Waals surface area contributed by atoms with Crippen LogP contribution < -0.4 is 9.47 Å². The summed E-state index contributed by atoms with van der Waals surface area (Å²) in [6.45, 7) is 6.52. The Morgan fingerprint density at radius 1 is 1.03 bits per heavy atom. The number of hydrogen-bond donors (Lipinski definition) is 0. The minimum absolute atomic E-state index is 0.136. The highest BCUT2D eigenvalue weighted by atomic mass is 16.5. The van der Waals surface area contributed by atoms with E-state index >= 15 is 0 Å². The summed E-state index contributed by atoms with van der Waals surface area (Å²) in [5.74, 6) is 0.838. The Morgan fingerprint density at radius 2 is 1.76 bits per heavy atom. The summed E-state index contributed by atoms with van der Waals surface area (Å²) in [5.41, 5.74) is 5.62. The van der Waals surface area contributed by atoms with E-state index in [1.807, 2.05) is 30.7 Å². The lowest BCUT2D eigenvalue weighted by Gasteiger charge is -2.20. The summed E-state index contributed by atoms with van der Waals surface area (Å²) in [4.78, 5) is 14.8. The first-order chi connectivity index (χ1) is 13.9. The maximum Gasteiger partial charge on any atom is 0.257 e. The van der Waals surface area contributed by atoms with E-state index in [-0.39, 0.29) is 5.91 Å². The number of carbonyl (C=O) groups is 1. The van der Waals surface area contributed by atoms with Gasteiger partial charge in [-0.15, -0.1) is 0 Å². The molecule has 2 aromatic carbocycles. The summed E-state index contributed by atoms with van der Waals surface area (Å²) in [6.07, 6.45) is 0. The Kier molecular flexibility index (Phi) is 5.92. The molecule has 0 radical (unpaired) electrons. The summed E-state index contributed by atoms with van der Waals surface area (Å²) in [5, 5.41) is 4.72. The van der Waals surface area contributed by atoms with Crippen molar-refractivity contribution >= 4 is 5.91 Å². The van der Waals surface area contributed by atoms with Crippen molar-refractivity contribution in [2.24, 2.45) is 0 Å². The number of nitrogens with zero attached hydrogens (tertiary/aromatic N) is 3. The van der Waals surface area contributed by atoms with Crippen LogP contribution in [0.1, 0.15) is 32.9 Å². The third-order valence-electron chi connectivity index (χ3n) is 5.16. The second-order valence-corrected chi connectivity index (χ2v) is 7.05. The predicted molar refractivity (Wildman–Crippen MR) is 113 cm³/mol. The molecule has 6 nitrogen and oxygen atoms in total. The van der Waals surface area contributed by atoms with Crippen molar-refractivity contribution in [2.75, 3.05) is 21.3 Å². The molecule has 6 heteroatoms. The molecular weight excluding hydrogens is 366 g/mol. The van der Waals surface area contributed by atoms with Gasteiger partial charge in [-0.3, -0.25) is 4.79 Å². The number of benzene rings is 2. The van der Waals surface area contributed by atoms with Gasteiger partial charge in [-0.05, 0) is 44.5 Å². The molecule has 1 aromatic heterocycles. The molecule has 0 atom stereocenters. The molecule has 0 unspecified atom stereocenters. The van der Waals surface area contributed by atoms with E-state index in [1.54, 1.807) is 37.3 Å². The van der Waals surface area contributed by atoms with E-state index < -0.39 is 0 Å². The van der Waals surface area contributed by atoms with Crippen LogP contribution in [0.25, 0.3) is 5.69 Å². The fraction of sp³-hybridized carbons (Fsp3) is 0.304. The zero-order valence-electron chi connectivity index (χ0n) is 17.8. The normalized spacial score (nSPS) is 10.7. The van der Waals surface area contributed by atoms with Gasteiger partial charge in [0.15, 0.2) is 11.5 Å². The highest BCUT2D eigenvalue weighted by Crippen LogP contribution is 2.32. The fourth-order valence-electron chi connectivity index (χ4n) is 3.51. The van der Waals surface area contributed by atoms with Crippen LogP contribution in [0, 0.1) is 20.8 Å². The van der Waals surface area contributed by atoms with E-state index in [4.69, 9.17) is 14.6 Å². The third kappa shape index (κ3) is 3.83. The van der Waals surface area contributed by atoms with Gasteiger partial charge in [-0.25, -0.2) is 4.68 Å². The van der Waals surface area contributed by atoms with Crippen LogP contribution in [0.5, 0.6) is 11.5 Å². The topological polar surface area (TPSA) is 56.6 Å². The SMILES string of the molecule is COc1cccc(C(=O)N(C)Cc2c(C)nn(-c3ccccc3C)c2C)c1OC. The monoisotopic (exact) mass is 393 g/mol. The van der Waals surface area contributed by atoms with Crippen LogP contribution in [0.2, 0.25) is 0 Å². The van der Waals surface area contributed by atoms with Gasteiger partial charge in [0.25, 0.3) is 5.91 Å². The molecule has 0 aliphatic carbocycles. The second kappa shape index (κ2) is 8.39. The van der Waals surface area contributed by atoms with Crippen molar-refractivity contribution in [3.05, 3.63) is 70.5 Å². The second-order valence-electron chi connectivity index (χ2n) is 7.05. The molecule has 29 heavy (non-hydrogen) atoms. The van der Waals surface area contributed by atoms with Crippen LogP contribution in [-0.4, -0.2) is 41.9 Å². The van der Waals surface area contributed by atoms with Crippen LogP contribution in [0.15, 0.2) is 42.5 Å². The Labute approximate surface area is 171 Å². The van der Waals surface area contributed by atoms with Gasteiger partial charge in [0, 0.05) is 24.8 Å². The summed E-state index contributed by atoms with van der Waals surface area (Å²) < 4.78 is 12.7. The van der Waals surface area contributed by atoms with Gasteiger partial charge in [-0.1, -0.05) is 24.3 Å². The molecular formula is C23H27N3O3. The molecule has 152 valence electrons. The van der Waals surface area contributed by atoms with Gasteiger partial charge in [0.05, 0.1) is 31.2 Å². The molecule has 3 rings (SSSR count). The van der Waals surface area contributed by atoms with Crippen molar-refractivity contribution in [3.8, 4) is 17.2 Å². The van der Waals surface area contributed by atoms with Gasteiger partial charge in [-0.2, -0.15) is 5.10 Å². The van der Waals surface area contributed by atoms with E-state index in [0.717, 1.165) is 28.2 Å². The first-order valence-electron chi connectivity index (χ1n) is 9.46. The van der Waals surface area contributed by atoms with Crippen molar-refractivity contribution in [3.63, 3.8) is 0 Å². The summed E-state index contributed by atoms with van der Waals surface area (Å²) >= 11 is 0. The fourth-order valence-corrected chi connectivity index (χ4v) is 3.51. The Balaban J connectivity index is 1.91.